The van der Waals surface area contributed by atoms with Crippen LogP contribution in [0, 0.1) is 5.92 Å². The Kier molecular flexibility index (Phi) is 5.55. The van der Waals surface area contributed by atoms with Gasteiger partial charge >= 0.3 is 0 Å². The van der Waals surface area contributed by atoms with Gasteiger partial charge in [0.15, 0.2) is 0 Å². The van der Waals surface area contributed by atoms with Crippen LogP contribution in [0.2, 0.25) is 0 Å². The molecular formula is C13H18BrNO3S. The van der Waals surface area contributed by atoms with Gasteiger partial charge in [0.2, 0.25) is 5.91 Å². The molecule has 0 heterocycles. The molecule has 0 aliphatic rings. The minimum Gasteiger partial charge on any atom is -0.349 e. The normalized spacial score (nSPS) is 14.7. The van der Waals surface area contributed by atoms with E-state index in [2.05, 4.69) is 21.2 Å². The zero-order chi connectivity index (χ0) is 14.6. The van der Waals surface area contributed by atoms with Gasteiger partial charge < -0.3 is 5.32 Å². The van der Waals surface area contributed by atoms with Gasteiger partial charge in [0.05, 0.1) is 11.8 Å². The molecule has 0 fully saturated rings. The van der Waals surface area contributed by atoms with Gasteiger partial charge in [-0.1, -0.05) is 41.1 Å². The zero-order valence-corrected chi connectivity index (χ0v) is 13.6. The van der Waals surface area contributed by atoms with Crippen molar-refractivity contribution in [2.45, 2.75) is 19.9 Å². The number of nitrogens with one attached hydrogen (secondary N) is 1. The summed E-state index contributed by atoms with van der Waals surface area (Å²) in [6.07, 6.45) is 1.13. The molecule has 1 rings (SSSR count). The van der Waals surface area contributed by atoms with Gasteiger partial charge in [-0.3, -0.25) is 4.79 Å². The molecule has 0 aromatic heterocycles. The van der Waals surface area contributed by atoms with Gasteiger partial charge in [0.1, 0.15) is 9.84 Å². The van der Waals surface area contributed by atoms with Gasteiger partial charge in [0.25, 0.3) is 0 Å². The van der Waals surface area contributed by atoms with E-state index in [0.717, 1.165) is 16.3 Å². The molecule has 0 aliphatic heterocycles. The average Bonchev–Trinajstić information content (AvgIpc) is 2.27. The van der Waals surface area contributed by atoms with Crippen LogP contribution in [-0.2, 0) is 14.6 Å². The molecule has 1 N–H and O–H groups in total. The summed E-state index contributed by atoms with van der Waals surface area (Å²) in [6.45, 7) is 3.48. The third-order valence-electron chi connectivity index (χ3n) is 2.73. The van der Waals surface area contributed by atoms with Crippen LogP contribution in [0.4, 0.5) is 0 Å². The summed E-state index contributed by atoms with van der Waals surface area (Å²) >= 11 is 3.43. The number of carbonyl (C=O) groups is 1. The highest BCUT2D eigenvalue weighted by Gasteiger charge is 2.20. The van der Waals surface area contributed by atoms with E-state index < -0.39 is 15.8 Å². The van der Waals surface area contributed by atoms with Crippen molar-refractivity contribution in [2.24, 2.45) is 5.92 Å². The third kappa shape index (κ3) is 5.32. The summed E-state index contributed by atoms with van der Waals surface area (Å²) in [5.41, 5.74) is 0.961. The number of hydrogen-bond donors (Lipinski definition) is 1. The van der Waals surface area contributed by atoms with Crippen LogP contribution in [0.3, 0.4) is 0 Å². The van der Waals surface area contributed by atoms with Crippen molar-refractivity contribution in [1.29, 1.82) is 0 Å². The van der Waals surface area contributed by atoms with Crippen LogP contribution in [-0.4, -0.2) is 26.3 Å². The van der Waals surface area contributed by atoms with E-state index in [9.17, 15) is 13.2 Å². The minimum atomic E-state index is -3.15. The number of hydrogen-bond acceptors (Lipinski definition) is 3. The number of benzene rings is 1. The quantitative estimate of drug-likeness (QED) is 0.888. The van der Waals surface area contributed by atoms with Gasteiger partial charge in [-0.05, 0) is 18.6 Å². The first-order valence-electron chi connectivity index (χ1n) is 5.93. The molecule has 0 saturated carbocycles. The lowest BCUT2D eigenvalue weighted by Crippen LogP contribution is -2.34. The molecule has 0 bridgehead atoms. The maximum atomic E-state index is 11.9. The molecule has 1 aromatic rings. The molecule has 6 heteroatoms. The third-order valence-corrected chi connectivity index (χ3v) is 4.56. The van der Waals surface area contributed by atoms with Crippen LogP contribution in [0.1, 0.15) is 25.5 Å². The fraction of sp³-hybridized carbons (Fsp3) is 0.462. The average molecular weight is 348 g/mol. The molecule has 0 unspecified atom stereocenters. The molecule has 4 nitrogen and oxygen atoms in total. The fourth-order valence-corrected chi connectivity index (χ4v) is 3.48. The predicted octanol–water partition coefficient (Wildman–Crippen LogP) is 2.31. The molecule has 106 valence electrons. The minimum absolute atomic E-state index is 0.137. The first-order chi connectivity index (χ1) is 8.70. The van der Waals surface area contributed by atoms with Crippen LogP contribution in [0.25, 0.3) is 0 Å². The summed E-state index contributed by atoms with van der Waals surface area (Å²) in [6, 6.07) is 7.43. The monoisotopic (exact) mass is 347 g/mol. The lowest BCUT2D eigenvalue weighted by molar-refractivity contribution is -0.124. The molecule has 0 spiro atoms. The van der Waals surface area contributed by atoms with E-state index in [1.165, 1.54) is 0 Å². The molecule has 0 aliphatic carbocycles. The number of halogens is 1. The largest absolute Gasteiger partial charge is 0.349 e. The second-order valence-electron chi connectivity index (χ2n) is 4.75. The number of amides is 1. The molecule has 19 heavy (non-hydrogen) atoms. The van der Waals surface area contributed by atoms with Crippen LogP contribution >= 0.6 is 15.9 Å². The maximum absolute atomic E-state index is 11.9. The predicted molar refractivity (Wildman–Crippen MR) is 79.6 cm³/mol. The van der Waals surface area contributed by atoms with E-state index in [4.69, 9.17) is 0 Å². The van der Waals surface area contributed by atoms with Crippen molar-refractivity contribution in [3.63, 3.8) is 0 Å². The van der Waals surface area contributed by atoms with E-state index >= 15 is 0 Å². The van der Waals surface area contributed by atoms with Crippen molar-refractivity contribution in [3.8, 4) is 0 Å². The van der Waals surface area contributed by atoms with Crippen molar-refractivity contribution in [1.82, 2.24) is 5.32 Å². The topological polar surface area (TPSA) is 63.2 Å². The maximum Gasteiger partial charge on any atom is 0.224 e. The molecule has 2 atom stereocenters. The highest BCUT2D eigenvalue weighted by molar-refractivity contribution is 9.10. The van der Waals surface area contributed by atoms with Gasteiger partial charge in [-0.2, -0.15) is 0 Å². The summed E-state index contributed by atoms with van der Waals surface area (Å²) in [4.78, 5) is 11.9. The number of carbonyl (C=O) groups excluding carboxylic acids is 1. The lowest BCUT2D eigenvalue weighted by atomic mass is 10.1. The van der Waals surface area contributed by atoms with E-state index in [-0.39, 0.29) is 17.7 Å². The Hall–Kier alpha value is -0.880. The van der Waals surface area contributed by atoms with Gasteiger partial charge in [0, 0.05) is 16.6 Å². The van der Waals surface area contributed by atoms with Crippen LogP contribution < -0.4 is 5.32 Å². The first-order valence-corrected chi connectivity index (χ1v) is 8.78. The summed E-state index contributed by atoms with van der Waals surface area (Å²) in [7, 11) is -3.15. The molecule has 1 aromatic carbocycles. The van der Waals surface area contributed by atoms with Crippen LogP contribution in [0.5, 0.6) is 0 Å². The zero-order valence-electron chi connectivity index (χ0n) is 11.2. The Labute approximate surface area is 122 Å². The van der Waals surface area contributed by atoms with Crippen molar-refractivity contribution < 1.29 is 13.2 Å². The molecule has 1 amide bonds. The second kappa shape index (κ2) is 6.52. The van der Waals surface area contributed by atoms with Gasteiger partial charge in [-0.15, -0.1) is 0 Å². The standard InChI is InChI=1S/C13H18BrNO3S/c1-9(8-19(3,17)18)13(16)15-10(2)11-6-4-5-7-12(11)14/h4-7,9-10H,8H2,1-3H3,(H,15,16)/t9-,10+/m0/s1. The van der Waals surface area contributed by atoms with E-state index in [1.54, 1.807) is 6.92 Å². The second-order valence-corrected chi connectivity index (χ2v) is 7.78. The summed E-state index contributed by atoms with van der Waals surface area (Å²) in [5, 5.41) is 2.83. The highest BCUT2D eigenvalue weighted by Crippen LogP contribution is 2.22. The van der Waals surface area contributed by atoms with Crippen molar-refractivity contribution in [2.75, 3.05) is 12.0 Å². The first kappa shape index (κ1) is 16.2. The van der Waals surface area contributed by atoms with Crippen molar-refractivity contribution in [3.05, 3.63) is 34.3 Å². The Morgan fingerprint density at radius 3 is 2.42 bits per heavy atom. The van der Waals surface area contributed by atoms with E-state index in [1.807, 2.05) is 31.2 Å². The summed E-state index contributed by atoms with van der Waals surface area (Å²) < 4.78 is 23.3. The smallest absolute Gasteiger partial charge is 0.224 e. The molecular weight excluding hydrogens is 330 g/mol. The summed E-state index contributed by atoms with van der Waals surface area (Å²) in [5.74, 6) is -0.949. The van der Waals surface area contributed by atoms with E-state index in [0.29, 0.717) is 0 Å². The Morgan fingerprint density at radius 1 is 1.32 bits per heavy atom. The van der Waals surface area contributed by atoms with Gasteiger partial charge in [-0.25, -0.2) is 8.42 Å². The highest BCUT2D eigenvalue weighted by atomic mass is 79.9. The van der Waals surface area contributed by atoms with Crippen molar-refractivity contribution >= 4 is 31.7 Å². The SMILES string of the molecule is C[C@@H](CS(C)(=O)=O)C(=O)N[C@H](C)c1ccccc1Br. The van der Waals surface area contributed by atoms with Crippen LogP contribution in [0.15, 0.2) is 28.7 Å². The molecule has 0 saturated heterocycles. The lowest BCUT2D eigenvalue weighted by Gasteiger charge is -2.18. The Morgan fingerprint density at radius 2 is 1.89 bits per heavy atom. The Bertz CT molecular complexity index is 557. The Balaban J connectivity index is 2.70. The number of sulfone groups is 1. The molecule has 0 radical (unpaired) electrons. The fourth-order valence-electron chi connectivity index (χ4n) is 1.79. The number of rotatable bonds is 5.